The second-order valence-corrected chi connectivity index (χ2v) is 2.03. The van der Waals surface area contributed by atoms with Gasteiger partial charge in [-0.05, 0) is 13.0 Å². The molecule has 0 fully saturated rings. The smallest absolute Gasteiger partial charge is 0.314 e. The highest BCUT2D eigenvalue weighted by Crippen LogP contribution is 2.16. The van der Waals surface area contributed by atoms with Crippen molar-refractivity contribution in [2.24, 2.45) is 5.92 Å². The van der Waals surface area contributed by atoms with Gasteiger partial charge in [-0.15, -0.1) is 0 Å². The lowest BCUT2D eigenvalue weighted by molar-refractivity contribution is -0.239. The predicted octanol–water partition coefficient (Wildman–Crippen LogP) is 0.553. The summed E-state index contributed by atoms with van der Waals surface area (Å²) in [7, 11) is 0. The third-order valence-electron chi connectivity index (χ3n) is 1.30. The van der Waals surface area contributed by atoms with Crippen molar-refractivity contribution in [2.45, 2.75) is 6.92 Å². The largest absolute Gasteiger partial charge is 0.481 e. The molecule has 1 N–H and O–H groups in total. The van der Waals surface area contributed by atoms with Crippen LogP contribution < -0.4 is 0 Å². The second-order valence-electron chi connectivity index (χ2n) is 2.03. The highest BCUT2D eigenvalue weighted by atomic mass is 17.2. The topological polar surface area (TPSA) is 55.8 Å². The quantitative estimate of drug-likeness (QED) is 0.575. The van der Waals surface area contributed by atoms with Crippen molar-refractivity contribution in [3.63, 3.8) is 0 Å². The Labute approximate surface area is 58.0 Å². The van der Waals surface area contributed by atoms with E-state index in [4.69, 9.17) is 5.11 Å². The van der Waals surface area contributed by atoms with Crippen molar-refractivity contribution < 1.29 is 19.7 Å². The Morgan fingerprint density at radius 1 is 1.90 bits per heavy atom. The summed E-state index contributed by atoms with van der Waals surface area (Å²) in [5.41, 5.74) is 0. The lowest BCUT2D eigenvalue weighted by Gasteiger charge is -2.03. The highest BCUT2D eigenvalue weighted by molar-refractivity contribution is 5.72. The average molecular weight is 144 g/mol. The minimum absolute atomic E-state index is 0.340. The summed E-state index contributed by atoms with van der Waals surface area (Å²) in [4.78, 5) is 19.3. The van der Waals surface area contributed by atoms with Gasteiger partial charge in [0.05, 0.1) is 0 Å². The van der Waals surface area contributed by atoms with Gasteiger partial charge in [0.2, 0.25) is 0 Å². The van der Waals surface area contributed by atoms with Crippen LogP contribution in [0.5, 0.6) is 0 Å². The van der Waals surface area contributed by atoms with E-state index in [1.165, 1.54) is 0 Å². The second kappa shape index (κ2) is 2.70. The Balaban J connectivity index is 2.55. The molecule has 10 heavy (non-hydrogen) atoms. The molecule has 1 heterocycles. The van der Waals surface area contributed by atoms with Gasteiger partial charge in [0.1, 0.15) is 12.5 Å². The van der Waals surface area contributed by atoms with Gasteiger partial charge in [0.15, 0.2) is 5.76 Å². The first-order valence-corrected chi connectivity index (χ1v) is 2.94. The number of hydrogen-bond donors (Lipinski definition) is 1. The Morgan fingerprint density at radius 2 is 2.60 bits per heavy atom. The monoisotopic (exact) mass is 144 g/mol. The maximum atomic E-state index is 10.3. The van der Waals surface area contributed by atoms with Crippen LogP contribution in [0.4, 0.5) is 0 Å². The summed E-state index contributed by atoms with van der Waals surface area (Å²) in [6.07, 6.45) is 1.61. The van der Waals surface area contributed by atoms with E-state index < -0.39 is 11.9 Å². The third-order valence-corrected chi connectivity index (χ3v) is 1.30. The van der Waals surface area contributed by atoms with Crippen LogP contribution in [0, 0.1) is 5.92 Å². The van der Waals surface area contributed by atoms with Crippen LogP contribution in [0.2, 0.25) is 0 Å². The zero-order valence-electron chi connectivity index (χ0n) is 5.53. The van der Waals surface area contributed by atoms with Crippen LogP contribution in [-0.4, -0.2) is 17.7 Å². The average Bonchev–Trinajstić information content (AvgIpc) is 2.36. The molecular weight excluding hydrogens is 136 g/mol. The molecule has 1 aliphatic heterocycles. The van der Waals surface area contributed by atoms with Gasteiger partial charge in [-0.1, -0.05) is 0 Å². The molecule has 0 bridgehead atoms. The van der Waals surface area contributed by atoms with Gasteiger partial charge < -0.3 is 9.99 Å². The number of rotatable bonds is 2. The molecule has 0 saturated carbocycles. The summed E-state index contributed by atoms with van der Waals surface area (Å²) >= 11 is 0. The Hall–Kier alpha value is -1.03. The molecule has 1 aliphatic rings. The Morgan fingerprint density at radius 3 is 3.00 bits per heavy atom. The number of carbonyl (C=O) groups is 1. The van der Waals surface area contributed by atoms with Crippen LogP contribution in [-0.2, 0) is 14.6 Å². The minimum atomic E-state index is -0.906. The van der Waals surface area contributed by atoms with E-state index in [2.05, 4.69) is 9.78 Å². The van der Waals surface area contributed by atoms with E-state index in [-0.39, 0.29) is 0 Å². The maximum absolute atomic E-state index is 10.3. The molecule has 4 nitrogen and oxygen atoms in total. The standard InChI is InChI=1S/C6H8O4/c1-4(6(7)8)5-2-3-9-10-5/h2,4H,3H2,1H3,(H,7,8). The molecule has 0 aromatic heterocycles. The lowest BCUT2D eigenvalue weighted by Crippen LogP contribution is -2.12. The molecule has 0 spiro atoms. The van der Waals surface area contributed by atoms with E-state index in [9.17, 15) is 4.79 Å². The van der Waals surface area contributed by atoms with Gasteiger partial charge >= 0.3 is 5.97 Å². The number of hydrogen-bond acceptors (Lipinski definition) is 3. The Kier molecular flexibility index (Phi) is 1.91. The molecule has 1 unspecified atom stereocenters. The first kappa shape index (κ1) is 7.08. The van der Waals surface area contributed by atoms with Crippen molar-refractivity contribution in [3.05, 3.63) is 11.8 Å². The number of carboxylic acid groups (broad SMARTS) is 1. The summed E-state index contributed by atoms with van der Waals surface area (Å²) in [6, 6.07) is 0. The molecule has 1 rings (SSSR count). The van der Waals surface area contributed by atoms with Crippen molar-refractivity contribution in [1.29, 1.82) is 0 Å². The summed E-state index contributed by atoms with van der Waals surface area (Å²) in [5.74, 6) is -1.13. The fraction of sp³-hybridized carbons (Fsp3) is 0.500. The van der Waals surface area contributed by atoms with Gasteiger partial charge in [-0.25, -0.2) is 0 Å². The summed E-state index contributed by atoms with van der Waals surface area (Å²) in [5, 5.41) is 8.47. The summed E-state index contributed by atoms with van der Waals surface area (Å²) < 4.78 is 0. The SMILES string of the molecule is CC(C(=O)O)C1=CCOO1. The van der Waals surface area contributed by atoms with E-state index in [1.54, 1.807) is 13.0 Å². The molecule has 1 atom stereocenters. The molecule has 56 valence electrons. The third kappa shape index (κ3) is 1.27. The molecule has 4 heteroatoms. The van der Waals surface area contributed by atoms with Gasteiger partial charge in [-0.2, -0.15) is 4.89 Å². The summed E-state index contributed by atoms with van der Waals surface area (Å²) in [6.45, 7) is 1.88. The molecule has 0 amide bonds. The maximum Gasteiger partial charge on any atom is 0.314 e. The predicted molar refractivity (Wildman–Crippen MR) is 31.9 cm³/mol. The molecule has 0 radical (unpaired) electrons. The fourth-order valence-corrected chi connectivity index (χ4v) is 0.623. The van der Waals surface area contributed by atoms with Crippen LogP contribution >= 0.6 is 0 Å². The van der Waals surface area contributed by atoms with Crippen LogP contribution in [0.15, 0.2) is 11.8 Å². The Bertz CT molecular complexity index is 173. The van der Waals surface area contributed by atoms with E-state index in [0.717, 1.165) is 0 Å². The van der Waals surface area contributed by atoms with Crippen molar-refractivity contribution in [1.82, 2.24) is 0 Å². The molecule has 0 aromatic rings. The zero-order chi connectivity index (χ0) is 7.56. The lowest BCUT2D eigenvalue weighted by atomic mass is 10.1. The van der Waals surface area contributed by atoms with Crippen molar-refractivity contribution in [3.8, 4) is 0 Å². The highest BCUT2D eigenvalue weighted by Gasteiger charge is 2.21. The van der Waals surface area contributed by atoms with Crippen molar-refractivity contribution >= 4 is 5.97 Å². The molecular formula is C6H8O4. The number of carboxylic acids is 1. The van der Waals surface area contributed by atoms with Crippen LogP contribution in [0.25, 0.3) is 0 Å². The van der Waals surface area contributed by atoms with Crippen LogP contribution in [0.1, 0.15) is 6.92 Å². The molecule has 0 aromatic carbocycles. The van der Waals surface area contributed by atoms with E-state index >= 15 is 0 Å². The minimum Gasteiger partial charge on any atom is -0.481 e. The van der Waals surface area contributed by atoms with Crippen molar-refractivity contribution in [2.75, 3.05) is 6.61 Å². The first-order chi connectivity index (χ1) is 4.72. The zero-order valence-corrected chi connectivity index (χ0v) is 5.53. The van der Waals surface area contributed by atoms with Gasteiger partial charge in [0.25, 0.3) is 0 Å². The van der Waals surface area contributed by atoms with Gasteiger partial charge in [0, 0.05) is 0 Å². The van der Waals surface area contributed by atoms with E-state index in [1.807, 2.05) is 0 Å². The number of aliphatic carboxylic acids is 1. The van der Waals surface area contributed by atoms with Crippen LogP contribution in [0.3, 0.4) is 0 Å². The molecule has 0 aliphatic carbocycles. The fourth-order valence-electron chi connectivity index (χ4n) is 0.623. The normalized spacial score (nSPS) is 19.5. The van der Waals surface area contributed by atoms with Gasteiger partial charge in [-0.3, -0.25) is 4.79 Å². The van der Waals surface area contributed by atoms with E-state index in [0.29, 0.717) is 12.4 Å². The first-order valence-electron chi connectivity index (χ1n) is 2.94. The molecule has 0 saturated heterocycles.